The van der Waals surface area contributed by atoms with Gasteiger partial charge in [-0.15, -0.1) is 24.0 Å². The Morgan fingerprint density at radius 2 is 2.09 bits per heavy atom. The first kappa shape index (κ1) is 23.5. The summed E-state index contributed by atoms with van der Waals surface area (Å²) < 4.78 is 12.0. The monoisotopic (exact) mass is 475 g/mol. The Labute approximate surface area is 166 Å². The Kier molecular flexibility index (Phi) is 15.1. The van der Waals surface area contributed by atoms with Crippen molar-refractivity contribution in [1.29, 1.82) is 0 Å². The molecule has 2 N–H and O–H groups in total. The van der Waals surface area contributed by atoms with Crippen LogP contribution in [0.15, 0.2) is 4.99 Å². The molecule has 0 radical (unpaired) electrons. The zero-order valence-electron chi connectivity index (χ0n) is 14.8. The fourth-order valence-electron chi connectivity index (χ4n) is 2.81. The van der Waals surface area contributed by atoms with Gasteiger partial charge in [0.25, 0.3) is 0 Å². The molecule has 1 saturated carbocycles. The number of nitrogens with one attached hydrogen (secondary N) is 2. The number of halogens is 1. The molecular formula is C16H34IN3OS2. The Morgan fingerprint density at radius 3 is 2.74 bits per heavy atom. The number of hydrogen-bond acceptors (Lipinski definition) is 3. The Bertz CT molecular complexity index is 356. The summed E-state index contributed by atoms with van der Waals surface area (Å²) in [5.41, 5.74) is 0. The van der Waals surface area contributed by atoms with Crippen LogP contribution in [0.25, 0.3) is 0 Å². The third-order valence-corrected chi connectivity index (χ3v) is 6.43. The van der Waals surface area contributed by atoms with Crippen LogP contribution >= 0.6 is 35.7 Å². The Morgan fingerprint density at radius 1 is 1.30 bits per heavy atom. The summed E-state index contributed by atoms with van der Waals surface area (Å²) in [4.78, 5) is 4.68. The predicted molar refractivity (Wildman–Crippen MR) is 117 cm³/mol. The van der Waals surface area contributed by atoms with Gasteiger partial charge in [0.05, 0.1) is 0 Å². The molecule has 1 aliphatic carbocycles. The third kappa shape index (κ3) is 10.2. The van der Waals surface area contributed by atoms with Crippen molar-refractivity contribution in [3.8, 4) is 0 Å². The molecule has 1 rings (SSSR count). The highest BCUT2D eigenvalue weighted by Gasteiger charge is 2.25. The lowest BCUT2D eigenvalue weighted by Gasteiger charge is -2.30. The van der Waals surface area contributed by atoms with Gasteiger partial charge >= 0.3 is 0 Å². The summed E-state index contributed by atoms with van der Waals surface area (Å²) in [5, 5.41) is 7.25. The van der Waals surface area contributed by atoms with Crippen molar-refractivity contribution in [3.05, 3.63) is 0 Å². The van der Waals surface area contributed by atoms with E-state index in [4.69, 9.17) is 0 Å². The molecule has 0 aromatic heterocycles. The number of thioether (sulfide) groups is 1. The summed E-state index contributed by atoms with van der Waals surface area (Å²) in [6.45, 7) is 5.88. The average molecular weight is 476 g/mol. The normalized spacial score (nSPS) is 23.0. The van der Waals surface area contributed by atoms with Gasteiger partial charge in [0.15, 0.2) is 5.96 Å². The first-order chi connectivity index (χ1) is 10.7. The highest BCUT2D eigenvalue weighted by molar-refractivity contribution is 14.0. The second kappa shape index (κ2) is 14.8. The van der Waals surface area contributed by atoms with E-state index in [2.05, 4.69) is 28.8 Å². The van der Waals surface area contributed by atoms with E-state index in [9.17, 15) is 4.21 Å². The molecule has 0 saturated heterocycles. The number of guanidine groups is 1. The average Bonchev–Trinajstić information content (AvgIpc) is 2.54. The van der Waals surface area contributed by atoms with Crippen LogP contribution in [-0.4, -0.2) is 52.3 Å². The quantitative estimate of drug-likeness (QED) is 0.232. The van der Waals surface area contributed by atoms with Gasteiger partial charge in [0.1, 0.15) is 0 Å². The minimum Gasteiger partial charge on any atom is -0.357 e. The predicted octanol–water partition coefficient (Wildman–Crippen LogP) is 3.38. The van der Waals surface area contributed by atoms with Gasteiger partial charge < -0.3 is 10.6 Å². The van der Waals surface area contributed by atoms with Crippen molar-refractivity contribution in [3.63, 3.8) is 0 Å². The molecule has 1 aliphatic rings. The van der Waals surface area contributed by atoms with Gasteiger partial charge in [-0.2, -0.15) is 11.8 Å². The molecule has 23 heavy (non-hydrogen) atoms. The van der Waals surface area contributed by atoms with Crippen LogP contribution in [0.5, 0.6) is 0 Å². The van der Waals surface area contributed by atoms with Crippen LogP contribution in [0.3, 0.4) is 0 Å². The smallest absolute Gasteiger partial charge is 0.191 e. The van der Waals surface area contributed by atoms with E-state index in [1.807, 2.05) is 18.7 Å². The number of hydrogen-bond donors (Lipinski definition) is 2. The van der Waals surface area contributed by atoms with E-state index in [1.165, 1.54) is 18.6 Å². The van der Waals surface area contributed by atoms with Gasteiger partial charge in [0, 0.05) is 40.9 Å². The Balaban J connectivity index is 0.00000484. The van der Waals surface area contributed by atoms with Gasteiger partial charge in [0.2, 0.25) is 0 Å². The molecule has 0 bridgehead atoms. The van der Waals surface area contributed by atoms with Gasteiger partial charge in [-0.1, -0.05) is 13.3 Å². The van der Waals surface area contributed by atoms with Crippen LogP contribution in [0.2, 0.25) is 0 Å². The van der Waals surface area contributed by atoms with Crippen molar-refractivity contribution in [2.45, 2.75) is 63.7 Å². The maximum absolute atomic E-state index is 12.0. The molecule has 7 heteroatoms. The van der Waals surface area contributed by atoms with E-state index in [0.717, 1.165) is 50.5 Å². The molecule has 4 nitrogen and oxygen atoms in total. The van der Waals surface area contributed by atoms with E-state index < -0.39 is 10.8 Å². The molecule has 0 aromatic carbocycles. The third-order valence-electron chi connectivity index (χ3n) is 3.99. The molecule has 0 aromatic rings. The van der Waals surface area contributed by atoms with Crippen LogP contribution in [0.4, 0.5) is 0 Å². The molecule has 3 unspecified atom stereocenters. The maximum atomic E-state index is 12.0. The fraction of sp³-hybridized carbons (Fsp3) is 0.938. The lowest BCUT2D eigenvalue weighted by Crippen LogP contribution is -2.46. The summed E-state index contributed by atoms with van der Waals surface area (Å²) >= 11 is 1.90. The zero-order valence-corrected chi connectivity index (χ0v) is 18.8. The van der Waals surface area contributed by atoms with Crippen LogP contribution in [0, 0.1) is 0 Å². The summed E-state index contributed by atoms with van der Waals surface area (Å²) in [7, 11) is -0.664. The summed E-state index contributed by atoms with van der Waals surface area (Å²) in [5.74, 6) is 2.92. The molecule has 3 atom stereocenters. The lowest BCUT2D eigenvalue weighted by atomic mass is 9.95. The Hall–Kier alpha value is 0.500. The largest absolute Gasteiger partial charge is 0.357 e. The molecule has 0 spiro atoms. The first-order valence-electron chi connectivity index (χ1n) is 8.62. The van der Waals surface area contributed by atoms with Crippen molar-refractivity contribution >= 4 is 52.5 Å². The second-order valence-corrected chi connectivity index (χ2v) is 8.75. The van der Waals surface area contributed by atoms with Crippen LogP contribution in [-0.2, 0) is 10.8 Å². The van der Waals surface area contributed by atoms with E-state index >= 15 is 0 Å². The number of nitrogens with zero attached hydrogens (tertiary/aromatic N) is 1. The summed E-state index contributed by atoms with van der Waals surface area (Å²) in [6.07, 6.45) is 8.97. The topological polar surface area (TPSA) is 53.5 Å². The van der Waals surface area contributed by atoms with Crippen molar-refractivity contribution in [1.82, 2.24) is 10.6 Å². The van der Waals surface area contributed by atoms with Crippen LogP contribution < -0.4 is 10.6 Å². The molecular weight excluding hydrogens is 441 g/mol. The lowest BCUT2D eigenvalue weighted by molar-refractivity contribution is 0.413. The molecule has 0 aliphatic heterocycles. The number of unbranched alkanes of at least 4 members (excludes halogenated alkanes) is 1. The molecule has 0 amide bonds. The SMILES string of the molecule is CCNC(=NCCCCSC)NC1CCCC(S(=O)CC)C1.I. The molecule has 0 heterocycles. The fourth-order valence-corrected chi connectivity index (χ4v) is 4.65. The number of rotatable bonds is 9. The van der Waals surface area contributed by atoms with Gasteiger partial charge in [-0.25, -0.2) is 0 Å². The second-order valence-electron chi connectivity index (χ2n) is 5.76. The van der Waals surface area contributed by atoms with Crippen molar-refractivity contribution in [2.24, 2.45) is 4.99 Å². The highest BCUT2D eigenvalue weighted by atomic mass is 127. The molecule has 138 valence electrons. The minimum absolute atomic E-state index is 0. The zero-order chi connectivity index (χ0) is 16.2. The molecule has 1 fully saturated rings. The van der Waals surface area contributed by atoms with E-state index in [-0.39, 0.29) is 24.0 Å². The maximum Gasteiger partial charge on any atom is 0.191 e. The number of aliphatic imine (C=N–C) groups is 1. The first-order valence-corrected chi connectivity index (χ1v) is 11.4. The van der Waals surface area contributed by atoms with Crippen molar-refractivity contribution in [2.75, 3.05) is 30.9 Å². The van der Waals surface area contributed by atoms with Gasteiger partial charge in [-0.3, -0.25) is 9.20 Å². The van der Waals surface area contributed by atoms with Crippen molar-refractivity contribution < 1.29 is 4.21 Å². The van der Waals surface area contributed by atoms with E-state index in [1.54, 1.807) is 0 Å². The van der Waals surface area contributed by atoms with Crippen LogP contribution in [0.1, 0.15) is 52.4 Å². The minimum atomic E-state index is -0.664. The standard InChI is InChI=1S/C16H33N3OS2.HI/c1-4-17-16(18-11-6-7-12-21-3)19-14-9-8-10-15(13-14)22(20)5-2;/h14-15H,4-13H2,1-3H3,(H2,17,18,19);1H. The highest BCUT2D eigenvalue weighted by Crippen LogP contribution is 2.22. The summed E-state index contributed by atoms with van der Waals surface area (Å²) in [6, 6.07) is 0.415. The van der Waals surface area contributed by atoms with E-state index in [0.29, 0.717) is 11.3 Å². The van der Waals surface area contributed by atoms with Gasteiger partial charge in [-0.05, 0) is 51.0 Å².